The first-order valence-corrected chi connectivity index (χ1v) is 1.43. The molecule has 7 heavy (non-hydrogen) atoms. The summed E-state index contributed by atoms with van der Waals surface area (Å²) in [5.74, 6) is -1.08. The third-order valence-electron chi connectivity index (χ3n) is 0.258. The van der Waals surface area contributed by atoms with Crippen molar-refractivity contribution in [3.63, 3.8) is 0 Å². The summed E-state index contributed by atoms with van der Waals surface area (Å²) in [5, 5.41) is 7.68. The van der Waals surface area contributed by atoms with Crippen LogP contribution in [0.4, 0.5) is 0 Å². The number of rotatable bonds is 2. The van der Waals surface area contributed by atoms with Gasteiger partial charge in [0.1, 0.15) is 12.7 Å². The minimum Gasteiger partial charge on any atom is -0.481 e. The van der Waals surface area contributed by atoms with Gasteiger partial charge in [0.2, 0.25) is 0 Å². The molecule has 4 heteroatoms. The summed E-state index contributed by atoms with van der Waals surface area (Å²) in [4.78, 5) is 18.6. The average Bonchev–Trinajstić information content (AvgIpc) is 1.35. The molecule has 0 aliphatic carbocycles. The first kappa shape index (κ1) is 9.83. The summed E-state index contributed by atoms with van der Waals surface area (Å²) < 4.78 is 0. The number of carbonyl (C=O) groups excluding carboxylic acids is 1. The number of aldehydes is 1. The third-order valence-corrected chi connectivity index (χ3v) is 0.258. The highest BCUT2D eigenvalue weighted by atomic mass is 27.0. The number of hydrogen-bond acceptors (Lipinski definition) is 2. The van der Waals surface area contributed by atoms with Gasteiger partial charge in [-0.1, -0.05) is 0 Å². The lowest BCUT2D eigenvalue weighted by Gasteiger charge is -1.71. The Labute approximate surface area is 51.5 Å². The Hall–Kier alpha value is -0.328. The van der Waals surface area contributed by atoms with Gasteiger partial charge in [0.25, 0.3) is 0 Å². The van der Waals surface area contributed by atoms with Gasteiger partial charge in [0.05, 0.1) is 0 Å². The molecule has 0 bridgehead atoms. The normalized spacial score (nSPS) is 6.29. The van der Waals surface area contributed by atoms with E-state index in [9.17, 15) is 9.59 Å². The van der Waals surface area contributed by atoms with Gasteiger partial charge in [-0.15, -0.1) is 0 Å². The highest BCUT2D eigenvalue weighted by molar-refractivity contribution is 5.82. The van der Waals surface area contributed by atoms with E-state index in [1.807, 2.05) is 0 Å². The maximum Gasteiger partial charge on any atom is 0.310 e. The van der Waals surface area contributed by atoms with E-state index >= 15 is 0 Å². The number of aliphatic carboxylic acids is 1. The van der Waals surface area contributed by atoms with Gasteiger partial charge in [0.15, 0.2) is 17.4 Å². The van der Waals surface area contributed by atoms with Crippen molar-refractivity contribution in [3.05, 3.63) is 0 Å². The van der Waals surface area contributed by atoms with E-state index in [4.69, 9.17) is 5.11 Å². The Morgan fingerprint density at radius 2 is 2.14 bits per heavy atom. The fraction of sp³-hybridized carbons (Fsp3) is 0.333. The molecule has 3 nitrogen and oxygen atoms in total. The molecule has 0 amide bonds. The van der Waals surface area contributed by atoms with Crippen molar-refractivity contribution in [3.8, 4) is 0 Å². The fourth-order valence-corrected chi connectivity index (χ4v) is 0.0713. The van der Waals surface area contributed by atoms with E-state index in [1.165, 1.54) is 0 Å². The van der Waals surface area contributed by atoms with Crippen molar-refractivity contribution >= 4 is 29.6 Å². The van der Waals surface area contributed by atoms with Gasteiger partial charge in [0, 0.05) is 0 Å². The molecule has 40 valence electrons. The van der Waals surface area contributed by atoms with E-state index in [0.29, 0.717) is 6.29 Å². The Kier molecular flexibility index (Phi) is 7.97. The lowest BCUT2D eigenvalue weighted by Crippen LogP contribution is -1.92. The number of hydrogen-bond donors (Lipinski definition) is 1. The molecular weight excluding hydrogens is 111 g/mol. The topological polar surface area (TPSA) is 54.4 Å². The molecule has 0 fully saturated rings. The molecule has 0 aliphatic heterocycles. The van der Waals surface area contributed by atoms with Crippen LogP contribution < -0.4 is 0 Å². The Balaban J connectivity index is 0. The summed E-state index contributed by atoms with van der Waals surface area (Å²) in [6.45, 7) is 0. The second-order valence-electron chi connectivity index (χ2n) is 0.765. The van der Waals surface area contributed by atoms with Crippen LogP contribution in [0.3, 0.4) is 0 Å². The molecule has 0 radical (unpaired) electrons. The van der Waals surface area contributed by atoms with Crippen LogP contribution in [-0.4, -0.2) is 34.7 Å². The van der Waals surface area contributed by atoms with E-state index in [-0.39, 0.29) is 23.8 Å². The van der Waals surface area contributed by atoms with Crippen LogP contribution in [0.1, 0.15) is 6.42 Å². The molecule has 0 aromatic heterocycles. The van der Waals surface area contributed by atoms with Gasteiger partial charge in [-0.25, -0.2) is 0 Å². The van der Waals surface area contributed by atoms with Crippen molar-refractivity contribution in [2.75, 3.05) is 0 Å². The predicted molar refractivity (Wildman–Crippen MR) is 28.3 cm³/mol. The van der Waals surface area contributed by atoms with Crippen molar-refractivity contribution < 1.29 is 14.7 Å². The first-order chi connectivity index (χ1) is 2.77. The second kappa shape index (κ2) is 5.67. The molecule has 0 rings (SSSR count). The molecule has 0 aromatic rings. The van der Waals surface area contributed by atoms with Gasteiger partial charge >= 0.3 is 5.97 Å². The molecule has 0 spiro atoms. The highest BCUT2D eigenvalue weighted by Crippen LogP contribution is 1.64. The lowest BCUT2D eigenvalue weighted by atomic mass is 10.5. The quantitative estimate of drug-likeness (QED) is 0.272. The summed E-state index contributed by atoms with van der Waals surface area (Å²) >= 11 is 0. The van der Waals surface area contributed by atoms with Crippen molar-refractivity contribution in [1.82, 2.24) is 0 Å². The highest BCUT2D eigenvalue weighted by Gasteiger charge is 1.87. The summed E-state index contributed by atoms with van der Waals surface area (Å²) in [6.07, 6.45) is -0.0394. The molecule has 0 aliphatic rings. The maximum absolute atomic E-state index is 9.37. The minimum absolute atomic E-state index is 0. The van der Waals surface area contributed by atoms with Crippen molar-refractivity contribution in [2.24, 2.45) is 0 Å². The van der Waals surface area contributed by atoms with Gasteiger partial charge < -0.3 is 9.90 Å². The Morgan fingerprint density at radius 1 is 1.71 bits per heavy atom. The molecule has 0 aromatic carbocycles. The Morgan fingerprint density at radius 3 is 2.14 bits per heavy atom. The largest absolute Gasteiger partial charge is 0.481 e. The molecule has 0 unspecified atom stereocenters. The van der Waals surface area contributed by atoms with Crippen LogP contribution in [0.25, 0.3) is 0 Å². The molecule has 0 saturated heterocycles. The number of carboxylic acids is 1. The smallest absolute Gasteiger partial charge is 0.310 e. The van der Waals surface area contributed by atoms with Gasteiger partial charge in [-0.05, 0) is 0 Å². The molecule has 1 N–H and O–H groups in total. The monoisotopic (exact) mass is 118 g/mol. The van der Waals surface area contributed by atoms with Crippen LogP contribution in [0, 0.1) is 0 Å². The van der Waals surface area contributed by atoms with Crippen LogP contribution in [-0.2, 0) is 9.59 Å². The van der Waals surface area contributed by atoms with Crippen molar-refractivity contribution in [2.45, 2.75) is 6.42 Å². The fourth-order valence-electron chi connectivity index (χ4n) is 0.0713. The Bertz CT molecular complexity index is 70.6. The van der Waals surface area contributed by atoms with E-state index in [2.05, 4.69) is 0 Å². The zero-order valence-electron chi connectivity index (χ0n) is 3.05. The first-order valence-electron chi connectivity index (χ1n) is 1.43. The molecule has 0 atom stereocenters. The standard InChI is InChI=1S/C3H4O3.Al.3H/c4-2-1-3(5)6;;;;/h2H,1H2,(H,5,6);;;;. The molecule has 0 heterocycles. The summed E-state index contributed by atoms with van der Waals surface area (Å²) in [5.41, 5.74) is 0. The zero-order chi connectivity index (χ0) is 4.99. The lowest BCUT2D eigenvalue weighted by molar-refractivity contribution is -0.138. The van der Waals surface area contributed by atoms with E-state index in [0.717, 1.165) is 0 Å². The van der Waals surface area contributed by atoms with Gasteiger partial charge in [-0.2, -0.15) is 0 Å². The second-order valence-corrected chi connectivity index (χ2v) is 0.765. The summed E-state index contributed by atoms with van der Waals surface area (Å²) in [6, 6.07) is 0. The molecular formula is C3H7AlO3. The number of carboxylic acid groups (broad SMARTS) is 1. The predicted octanol–water partition coefficient (Wildman–Crippen LogP) is -1.52. The van der Waals surface area contributed by atoms with Crippen LogP contribution in [0.5, 0.6) is 0 Å². The number of carbonyl (C=O) groups is 2. The van der Waals surface area contributed by atoms with E-state index < -0.39 is 5.97 Å². The maximum atomic E-state index is 9.37. The zero-order valence-corrected chi connectivity index (χ0v) is 3.05. The van der Waals surface area contributed by atoms with Gasteiger partial charge in [-0.3, -0.25) is 4.79 Å². The summed E-state index contributed by atoms with van der Waals surface area (Å²) in [7, 11) is 0. The van der Waals surface area contributed by atoms with Crippen molar-refractivity contribution in [1.29, 1.82) is 0 Å². The van der Waals surface area contributed by atoms with E-state index in [1.54, 1.807) is 0 Å². The van der Waals surface area contributed by atoms with Crippen LogP contribution >= 0.6 is 0 Å². The average molecular weight is 118 g/mol. The molecule has 0 saturated carbocycles. The third kappa shape index (κ3) is 10.7. The van der Waals surface area contributed by atoms with Crippen LogP contribution in [0.15, 0.2) is 0 Å². The SMILES string of the molecule is O=CCC(=O)O.[AlH3]. The minimum atomic E-state index is -1.08. The van der Waals surface area contributed by atoms with Crippen LogP contribution in [0.2, 0.25) is 0 Å².